The Morgan fingerprint density at radius 2 is 1.83 bits per heavy atom. The molecule has 5 nitrogen and oxygen atoms in total. The van der Waals surface area contributed by atoms with Crippen LogP contribution in [0.15, 0.2) is 18.3 Å². The summed E-state index contributed by atoms with van der Waals surface area (Å²) >= 11 is 0. The minimum absolute atomic E-state index is 0. The van der Waals surface area contributed by atoms with Crippen LogP contribution in [-0.4, -0.2) is 29.5 Å². The van der Waals surface area contributed by atoms with Gasteiger partial charge < -0.3 is 16.0 Å². The number of nitrogens with one attached hydrogen (secondary N) is 1. The molecule has 7 heteroatoms. The lowest BCUT2D eigenvalue weighted by Gasteiger charge is -2.22. The van der Waals surface area contributed by atoms with Gasteiger partial charge in [-0.15, -0.1) is 24.8 Å². The Kier molecular flexibility index (Phi) is 7.58. The maximum Gasteiger partial charge on any atom is 0.240 e. The molecule has 3 rings (SSSR count). The monoisotopic (exact) mass is 360 g/mol. The SMILES string of the molecule is Cl.Cl.NC1(C(=O)NCc2ccc(N3CCCC3)nc2)CCCC1. The Hall–Kier alpha value is -1.04. The van der Waals surface area contributed by atoms with Gasteiger partial charge in [-0.3, -0.25) is 4.79 Å². The van der Waals surface area contributed by atoms with E-state index < -0.39 is 5.54 Å². The maximum absolute atomic E-state index is 12.2. The number of rotatable bonds is 4. The number of anilines is 1. The molecule has 0 unspecified atom stereocenters. The van der Waals surface area contributed by atoms with Gasteiger partial charge in [-0.25, -0.2) is 4.98 Å². The van der Waals surface area contributed by atoms with Crippen LogP contribution in [0.2, 0.25) is 0 Å². The molecule has 0 radical (unpaired) electrons. The van der Waals surface area contributed by atoms with Crippen LogP contribution in [-0.2, 0) is 11.3 Å². The van der Waals surface area contributed by atoms with Crippen LogP contribution >= 0.6 is 24.8 Å². The molecule has 0 bridgehead atoms. The van der Waals surface area contributed by atoms with E-state index in [1.165, 1.54) is 12.8 Å². The number of aromatic nitrogens is 1. The molecule has 1 amide bonds. The summed E-state index contributed by atoms with van der Waals surface area (Å²) in [6.45, 7) is 2.70. The number of carbonyl (C=O) groups is 1. The van der Waals surface area contributed by atoms with Crippen molar-refractivity contribution in [2.24, 2.45) is 5.73 Å². The Balaban J connectivity index is 0.00000132. The van der Waals surface area contributed by atoms with Crippen LogP contribution in [0.1, 0.15) is 44.1 Å². The number of amides is 1. The van der Waals surface area contributed by atoms with Gasteiger partial charge in [0.2, 0.25) is 5.91 Å². The van der Waals surface area contributed by atoms with Crippen molar-refractivity contribution in [3.63, 3.8) is 0 Å². The topological polar surface area (TPSA) is 71.2 Å². The summed E-state index contributed by atoms with van der Waals surface area (Å²) in [5, 5.41) is 2.95. The number of nitrogens with zero attached hydrogens (tertiary/aromatic N) is 2. The van der Waals surface area contributed by atoms with Crippen molar-refractivity contribution in [3.8, 4) is 0 Å². The van der Waals surface area contributed by atoms with E-state index in [9.17, 15) is 4.79 Å². The summed E-state index contributed by atoms with van der Waals surface area (Å²) in [6, 6.07) is 4.08. The molecule has 0 aromatic carbocycles. The highest BCUT2D eigenvalue weighted by Crippen LogP contribution is 2.27. The standard InChI is InChI=1S/C16H24N4O.2ClH/c17-16(7-1-2-8-16)15(21)19-12-13-5-6-14(18-11-13)20-9-3-4-10-20;;/h5-6,11H,1-4,7-10,12,17H2,(H,19,21);2*1H. The number of nitrogens with two attached hydrogens (primary N) is 1. The van der Waals surface area contributed by atoms with Gasteiger partial charge in [-0.2, -0.15) is 0 Å². The largest absolute Gasteiger partial charge is 0.357 e. The molecule has 2 aliphatic rings. The first-order valence-corrected chi connectivity index (χ1v) is 7.94. The zero-order valence-corrected chi connectivity index (χ0v) is 14.9. The minimum atomic E-state index is -0.650. The molecular weight excluding hydrogens is 335 g/mol. The Labute approximate surface area is 150 Å². The fourth-order valence-electron chi connectivity index (χ4n) is 3.25. The van der Waals surface area contributed by atoms with Crippen LogP contribution in [0.4, 0.5) is 5.82 Å². The smallest absolute Gasteiger partial charge is 0.240 e. The molecule has 2 heterocycles. The summed E-state index contributed by atoms with van der Waals surface area (Å²) in [6.07, 6.45) is 8.05. The first-order chi connectivity index (χ1) is 10.2. The molecule has 1 saturated carbocycles. The van der Waals surface area contributed by atoms with Crippen LogP contribution in [0.5, 0.6) is 0 Å². The number of hydrogen-bond donors (Lipinski definition) is 2. The molecule has 1 aromatic rings. The van der Waals surface area contributed by atoms with Crippen molar-refractivity contribution in [2.45, 2.75) is 50.6 Å². The van der Waals surface area contributed by atoms with Crippen molar-refractivity contribution in [2.75, 3.05) is 18.0 Å². The third-order valence-electron chi connectivity index (χ3n) is 4.64. The summed E-state index contributed by atoms with van der Waals surface area (Å²) in [7, 11) is 0. The lowest BCUT2D eigenvalue weighted by molar-refractivity contribution is -0.126. The van der Waals surface area contributed by atoms with E-state index in [4.69, 9.17) is 5.73 Å². The van der Waals surface area contributed by atoms with Gasteiger partial charge in [0.15, 0.2) is 0 Å². The van der Waals surface area contributed by atoms with E-state index in [0.717, 1.165) is 50.2 Å². The molecule has 3 N–H and O–H groups in total. The maximum atomic E-state index is 12.2. The molecule has 130 valence electrons. The Morgan fingerprint density at radius 3 is 2.39 bits per heavy atom. The van der Waals surface area contributed by atoms with Gasteiger partial charge in [0.1, 0.15) is 5.82 Å². The van der Waals surface area contributed by atoms with Gasteiger partial charge in [0.05, 0.1) is 5.54 Å². The van der Waals surface area contributed by atoms with Crippen molar-refractivity contribution in [3.05, 3.63) is 23.9 Å². The fourth-order valence-corrected chi connectivity index (χ4v) is 3.25. The van der Waals surface area contributed by atoms with Crippen molar-refractivity contribution in [1.82, 2.24) is 10.3 Å². The van der Waals surface area contributed by atoms with E-state index in [1.807, 2.05) is 18.3 Å². The molecular formula is C16H26Cl2N4O. The molecule has 1 aliphatic heterocycles. The average molecular weight is 361 g/mol. The van der Waals surface area contributed by atoms with Crippen molar-refractivity contribution >= 4 is 36.5 Å². The number of halogens is 2. The van der Waals surface area contributed by atoms with Gasteiger partial charge in [0.25, 0.3) is 0 Å². The highest BCUT2D eigenvalue weighted by molar-refractivity contribution is 5.86. The minimum Gasteiger partial charge on any atom is -0.357 e. The zero-order valence-electron chi connectivity index (χ0n) is 13.3. The van der Waals surface area contributed by atoms with Crippen LogP contribution in [0, 0.1) is 0 Å². The lowest BCUT2D eigenvalue weighted by Crippen LogP contribution is -2.51. The second kappa shape index (κ2) is 8.71. The average Bonchev–Trinajstić information content (AvgIpc) is 3.17. The van der Waals surface area contributed by atoms with Gasteiger partial charge in [-0.05, 0) is 37.3 Å². The van der Waals surface area contributed by atoms with Gasteiger partial charge in [-0.1, -0.05) is 18.9 Å². The predicted molar refractivity (Wildman–Crippen MR) is 97.4 cm³/mol. The second-order valence-corrected chi connectivity index (χ2v) is 6.26. The molecule has 1 aliphatic carbocycles. The zero-order chi connectivity index (χ0) is 14.7. The van der Waals surface area contributed by atoms with Crippen LogP contribution in [0.3, 0.4) is 0 Å². The van der Waals surface area contributed by atoms with E-state index in [-0.39, 0.29) is 30.7 Å². The normalized spacial score (nSPS) is 18.9. The predicted octanol–water partition coefficient (Wildman–Crippen LogP) is 2.41. The first kappa shape index (κ1) is 20.0. The molecule has 1 aromatic heterocycles. The van der Waals surface area contributed by atoms with Gasteiger partial charge >= 0.3 is 0 Å². The summed E-state index contributed by atoms with van der Waals surface area (Å²) in [4.78, 5) is 18.9. The van der Waals surface area contributed by atoms with Gasteiger partial charge in [0, 0.05) is 25.8 Å². The molecule has 0 atom stereocenters. The molecule has 1 saturated heterocycles. The van der Waals surface area contributed by atoms with Crippen LogP contribution < -0.4 is 16.0 Å². The van der Waals surface area contributed by atoms with E-state index in [2.05, 4.69) is 15.2 Å². The van der Waals surface area contributed by atoms with E-state index in [0.29, 0.717) is 6.54 Å². The molecule has 2 fully saturated rings. The summed E-state index contributed by atoms with van der Waals surface area (Å²) in [5.41, 5.74) is 6.51. The highest BCUT2D eigenvalue weighted by Gasteiger charge is 2.36. The third-order valence-corrected chi connectivity index (χ3v) is 4.64. The summed E-state index contributed by atoms with van der Waals surface area (Å²) in [5.74, 6) is 1.01. The fraction of sp³-hybridized carbons (Fsp3) is 0.625. The van der Waals surface area contributed by atoms with E-state index in [1.54, 1.807) is 0 Å². The van der Waals surface area contributed by atoms with Crippen molar-refractivity contribution < 1.29 is 4.79 Å². The summed E-state index contributed by atoms with van der Waals surface area (Å²) < 4.78 is 0. The van der Waals surface area contributed by atoms with Crippen molar-refractivity contribution in [1.29, 1.82) is 0 Å². The van der Waals surface area contributed by atoms with E-state index >= 15 is 0 Å². The highest BCUT2D eigenvalue weighted by atomic mass is 35.5. The first-order valence-electron chi connectivity index (χ1n) is 7.94. The lowest BCUT2D eigenvalue weighted by atomic mass is 9.98. The number of hydrogen-bond acceptors (Lipinski definition) is 4. The quantitative estimate of drug-likeness (QED) is 0.864. The Bertz CT molecular complexity index is 497. The Morgan fingerprint density at radius 1 is 1.17 bits per heavy atom. The molecule has 0 spiro atoms. The third kappa shape index (κ3) is 4.72. The number of carbonyl (C=O) groups excluding carboxylic acids is 1. The van der Waals surface area contributed by atoms with Crippen LogP contribution in [0.25, 0.3) is 0 Å². The molecule has 23 heavy (non-hydrogen) atoms. The second-order valence-electron chi connectivity index (χ2n) is 6.26. The number of pyridine rings is 1.